The van der Waals surface area contributed by atoms with Crippen molar-refractivity contribution in [2.24, 2.45) is 0 Å². The lowest BCUT2D eigenvalue weighted by Crippen LogP contribution is -2.49. The summed E-state index contributed by atoms with van der Waals surface area (Å²) < 4.78 is 0.601. The number of thioether (sulfide) groups is 1. The summed E-state index contributed by atoms with van der Waals surface area (Å²) in [4.78, 5) is 0. The van der Waals surface area contributed by atoms with Crippen molar-refractivity contribution in [1.29, 1.82) is 0 Å². The van der Waals surface area contributed by atoms with Gasteiger partial charge in [0.15, 0.2) is 0 Å². The molecule has 0 aromatic carbocycles. The summed E-state index contributed by atoms with van der Waals surface area (Å²) in [7, 11) is 0. The maximum atomic E-state index is 3.50. The van der Waals surface area contributed by atoms with Crippen LogP contribution in [0.2, 0.25) is 0 Å². The number of hydrogen-bond acceptors (Lipinski definition) is 3. The zero-order chi connectivity index (χ0) is 10.3. The second-order valence-corrected chi connectivity index (χ2v) is 5.73. The van der Waals surface area contributed by atoms with Crippen LogP contribution < -0.4 is 10.6 Å². The normalized spacial score (nSPS) is 25.3. The first kappa shape index (κ1) is 12.3. The molecule has 0 atom stereocenters. The van der Waals surface area contributed by atoms with Gasteiger partial charge in [0.25, 0.3) is 0 Å². The fourth-order valence-electron chi connectivity index (χ4n) is 1.91. The van der Waals surface area contributed by atoms with Crippen LogP contribution in [0.4, 0.5) is 0 Å². The highest BCUT2D eigenvalue weighted by Gasteiger charge is 2.33. The molecule has 0 bridgehead atoms. The summed E-state index contributed by atoms with van der Waals surface area (Å²) in [6.07, 6.45) is 3.95. The Bertz CT molecular complexity index is 119. The third-order valence-electron chi connectivity index (χ3n) is 2.65. The van der Waals surface area contributed by atoms with E-state index in [1.54, 1.807) is 0 Å². The average Bonchev–Trinajstić information content (AvgIpc) is 2.21. The minimum Gasteiger partial charge on any atom is -0.317 e. The molecular weight excluding hydrogens is 192 g/mol. The zero-order valence-corrected chi connectivity index (χ0v) is 10.4. The molecule has 2 aliphatic rings. The lowest BCUT2D eigenvalue weighted by atomic mass is 9.96. The summed E-state index contributed by atoms with van der Waals surface area (Å²) in [5.41, 5.74) is 0. The molecule has 2 saturated heterocycles. The van der Waals surface area contributed by atoms with Crippen LogP contribution in [-0.4, -0.2) is 36.7 Å². The Morgan fingerprint density at radius 3 is 2.21 bits per heavy atom. The van der Waals surface area contributed by atoms with E-state index < -0.39 is 0 Å². The first-order chi connectivity index (χ1) is 6.83. The van der Waals surface area contributed by atoms with Gasteiger partial charge in [0.05, 0.1) is 0 Å². The van der Waals surface area contributed by atoms with Gasteiger partial charge in [-0.05, 0) is 25.9 Å². The van der Waals surface area contributed by atoms with Crippen LogP contribution in [0, 0.1) is 0 Å². The maximum Gasteiger partial charge on any atom is 0.0309 e. The molecule has 0 aliphatic carbocycles. The van der Waals surface area contributed by atoms with E-state index in [0.717, 1.165) is 0 Å². The zero-order valence-electron chi connectivity index (χ0n) is 9.57. The smallest absolute Gasteiger partial charge is 0.0309 e. The number of hydrogen-bond donors (Lipinski definition) is 2. The van der Waals surface area contributed by atoms with Crippen molar-refractivity contribution in [3.63, 3.8) is 0 Å². The fraction of sp³-hybridized carbons (Fsp3) is 1.00. The summed E-state index contributed by atoms with van der Waals surface area (Å²) >= 11 is 2.18. The Morgan fingerprint density at radius 1 is 1.07 bits per heavy atom. The van der Waals surface area contributed by atoms with Crippen molar-refractivity contribution in [2.75, 3.05) is 31.9 Å². The van der Waals surface area contributed by atoms with Gasteiger partial charge in [-0.15, -0.1) is 0 Å². The number of nitrogens with one attached hydrogen (secondary N) is 2. The minimum absolute atomic E-state index is 0.601. The molecule has 0 unspecified atom stereocenters. The lowest BCUT2D eigenvalue weighted by Gasteiger charge is -2.40. The van der Waals surface area contributed by atoms with Crippen LogP contribution in [0.25, 0.3) is 0 Å². The molecule has 2 aliphatic heterocycles. The van der Waals surface area contributed by atoms with Gasteiger partial charge in [0.2, 0.25) is 0 Å². The van der Waals surface area contributed by atoms with E-state index in [2.05, 4.69) is 36.2 Å². The number of rotatable bonds is 0. The maximum absolute atomic E-state index is 3.50. The molecule has 3 heteroatoms. The number of piperidine rings is 1. The molecule has 2 heterocycles. The first-order valence-corrected chi connectivity index (χ1v) is 6.87. The first-order valence-electron chi connectivity index (χ1n) is 5.88. The highest BCUT2D eigenvalue weighted by atomic mass is 32.2. The summed E-state index contributed by atoms with van der Waals surface area (Å²) in [5.74, 6) is 1.31. The van der Waals surface area contributed by atoms with Crippen LogP contribution in [-0.2, 0) is 0 Å². The molecule has 2 nitrogen and oxygen atoms in total. The largest absolute Gasteiger partial charge is 0.317 e. The fourth-order valence-corrected chi connectivity index (χ4v) is 3.29. The predicted molar refractivity (Wildman–Crippen MR) is 66.1 cm³/mol. The predicted octanol–water partition coefficient (Wildman–Crippen LogP) is 1.86. The summed E-state index contributed by atoms with van der Waals surface area (Å²) in [6.45, 7) is 9.13. The van der Waals surface area contributed by atoms with E-state index in [1.165, 1.54) is 51.2 Å². The van der Waals surface area contributed by atoms with Gasteiger partial charge in [-0.1, -0.05) is 20.3 Å². The van der Waals surface area contributed by atoms with Crippen molar-refractivity contribution in [3.8, 4) is 0 Å². The molecule has 0 amide bonds. The van der Waals surface area contributed by atoms with Gasteiger partial charge in [0, 0.05) is 23.6 Å². The third kappa shape index (κ3) is 3.79. The Kier molecular flexibility index (Phi) is 5.90. The molecule has 2 fully saturated rings. The molecule has 0 aromatic heterocycles. The van der Waals surface area contributed by atoms with Gasteiger partial charge >= 0.3 is 0 Å². The standard InChI is InChI=1S/C8H16N2S.C3H8/c1-3-9-4-2-8(1)7-10-5-6-11-8;1-3-2/h9-10H,1-7H2;3H2,1-2H3. The summed E-state index contributed by atoms with van der Waals surface area (Å²) in [6, 6.07) is 0. The van der Waals surface area contributed by atoms with Crippen LogP contribution >= 0.6 is 11.8 Å². The summed E-state index contributed by atoms with van der Waals surface area (Å²) in [5, 5.41) is 6.91. The van der Waals surface area contributed by atoms with E-state index >= 15 is 0 Å². The minimum atomic E-state index is 0.601. The Balaban J connectivity index is 0.000000293. The van der Waals surface area contributed by atoms with Crippen molar-refractivity contribution >= 4 is 11.8 Å². The average molecular weight is 216 g/mol. The highest BCUT2D eigenvalue weighted by Crippen LogP contribution is 2.35. The van der Waals surface area contributed by atoms with Crippen LogP contribution in [0.5, 0.6) is 0 Å². The van der Waals surface area contributed by atoms with Gasteiger partial charge in [-0.25, -0.2) is 0 Å². The molecule has 2 N–H and O–H groups in total. The van der Waals surface area contributed by atoms with Crippen LogP contribution in [0.15, 0.2) is 0 Å². The molecule has 0 aromatic rings. The van der Waals surface area contributed by atoms with Gasteiger partial charge in [0.1, 0.15) is 0 Å². The van der Waals surface area contributed by atoms with Crippen LogP contribution in [0.1, 0.15) is 33.1 Å². The molecule has 14 heavy (non-hydrogen) atoms. The molecule has 0 saturated carbocycles. The van der Waals surface area contributed by atoms with E-state index in [1.807, 2.05) is 0 Å². The van der Waals surface area contributed by atoms with Gasteiger partial charge in [-0.3, -0.25) is 0 Å². The molecule has 2 rings (SSSR count). The molecule has 1 spiro atoms. The van der Waals surface area contributed by atoms with Crippen molar-refractivity contribution in [1.82, 2.24) is 10.6 Å². The van der Waals surface area contributed by atoms with Crippen LogP contribution in [0.3, 0.4) is 0 Å². The Labute approximate surface area is 92.6 Å². The molecular formula is C11H24N2S. The van der Waals surface area contributed by atoms with E-state index in [-0.39, 0.29) is 0 Å². The highest BCUT2D eigenvalue weighted by molar-refractivity contribution is 8.00. The van der Waals surface area contributed by atoms with E-state index in [9.17, 15) is 0 Å². The van der Waals surface area contributed by atoms with Crippen molar-refractivity contribution in [3.05, 3.63) is 0 Å². The van der Waals surface area contributed by atoms with Crippen molar-refractivity contribution < 1.29 is 0 Å². The topological polar surface area (TPSA) is 24.1 Å². The Hall–Kier alpha value is 0.270. The quantitative estimate of drug-likeness (QED) is 0.646. The van der Waals surface area contributed by atoms with E-state index in [4.69, 9.17) is 0 Å². The second kappa shape index (κ2) is 6.70. The lowest BCUT2D eigenvalue weighted by molar-refractivity contribution is 0.389. The second-order valence-electron chi connectivity index (χ2n) is 4.17. The molecule has 84 valence electrons. The monoisotopic (exact) mass is 216 g/mol. The third-order valence-corrected chi connectivity index (χ3v) is 4.22. The van der Waals surface area contributed by atoms with Gasteiger partial charge in [-0.2, -0.15) is 11.8 Å². The Morgan fingerprint density at radius 2 is 1.71 bits per heavy atom. The van der Waals surface area contributed by atoms with E-state index in [0.29, 0.717) is 4.75 Å². The SMILES string of the molecule is C1CC2(CCN1)CNCCS2.CCC. The van der Waals surface area contributed by atoms with Crippen molar-refractivity contribution in [2.45, 2.75) is 37.9 Å². The molecule has 0 radical (unpaired) electrons. The van der Waals surface area contributed by atoms with Gasteiger partial charge < -0.3 is 10.6 Å².